The lowest BCUT2D eigenvalue weighted by Gasteiger charge is -2.31. The molecule has 1 N–H and O–H groups in total. The highest BCUT2D eigenvalue weighted by molar-refractivity contribution is 5.80. The normalized spacial score (nSPS) is 22.4. The van der Waals surface area contributed by atoms with Crippen molar-refractivity contribution in [3.05, 3.63) is 29.5 Å². The van der Waals surface area contributed by atoms with Gasteiger partial charge in [0.2, 0.25) is 0 Å². The van der Waals surface area contributed by atoms with Gasteiger partial charge in [-0.1, -0.05) is 0 Å². The van der Waals surface area contributed by atoms with Gasteiger partial charge >= 0.3 is 6.09 Å². The Balaban J connectivity index is 1.63. The molecule has 2 aliphatic heterocycles. The van der Waals surface area contributed by atoms with Crippen molar-refractivity contribution in [1.82, 2.24) is 14.7 Å². The maximum Gasteiger partial charge on any atom is 0.407 e. The fourth-order valence-electron chi connectivity index (χ4n) is 4.19. The first-order valence-electron chi connectivity index (χ1n) is 9.20. The van der Waals surface area contributed by atoms with E-state index in [1.807, 2.05) is 10.9 Å². The van der Waals surface area contributed by atoms with Crippen molar-refractivity contribution < 1.29 is 14.6 Å². The minimum absolute atomic E-state index is 0.0377. The second-order valence-electron chi connectivity index (χ2n) is 7.22. The van der Waals surface area contributed by atoms with Crippen LogP contribution in [0, 0.1) is 6.92 Å². The summed E-state index contributed by atoms with van der Waals surface area (Å²) in [5.74, 6) is 0.413. The van der Waals surface area contributed by atoms with Crippen LogP contribution in [0.2, 0.25) is 0 Å². The number of piperidine rings is 1. The van der Waals surface area contributed by atoms with Gasteiger partial charge in [0.05, 0.1) is 11.7 Å². The van der Waals surface area contributed by atoms with Gasteiger partial charge in [0.25, 0.3) is 0 Å². The first kappa shape index (κ1) is 16.4. The number of carboxylic acid groups (broad SMARTS) is 1. The van der Waals surface area contributed by atoms with Crippen molar-refractivity contribution in [2.24, 2.45) is 0 Å². The van der Waals surface area contributed by atoms with Crippen molar-refractivity contribution in [2.75, 3.05) is 19.7 Å². The molecule has 1 aromatic heterocycles. The summed E-state index contributed by atoms with van der Waals surface area (Å²) in [5, 5.41) is 14.9. The third-order valence-corrected chi connectivity index (χ3v) is 5.62. The number of nitrogens with zero attached hydrogens (tertiary/aromatic N) is 3. The molecule has 0 saturated carbocycles. The Morgan fingerprint density at radius 2 is 2.04 bits per heavy atom. The quantitative estimate of drug-likeness (QED) is 0.898. The zero-order valence-electron chi connectivity index (χ0n) is 14.6. The minimum atomic E-state index is -0.807. The molecule has 1 atom stereocenters. The van der Waals surface area contributed by atoms with E-state index in [-0.39, 0.29) is 6.23 Å². The Bertz CT molecular complexity index is 772. The molecule has 1 aromatic carbocycles. The van der Waals surface area contributed by atoms with Gasteiger partial charge in [-0.3, -0.25) is 0 Å². The van der Waals surface area contributed by atoms with Crippen LogP contribution in [0.1, 0.15) is 55.4 Å². The molecule has 2 aliphatic rings. The van der Waals surface area contributed by atoms with Crippen molar-refractivity contribution in [2.45, 2.75) is 51.2 Å². The molecule has 3 heterocycles. The van der Waals surface area contributed by atoms with Crippen molar-refractivity contribution in [1.29, 1.82) is 0 Å². The number of hydrogen-bond acceptors (Lipinski definition) is 3. The molecule has 2 fully saturated rings. The summed E-state index contributed by atoms with van der Waals surface area (Å²) in [6.45, 7) is 4.18. The molecule has 6 nitrogen and oxygen atoms in total. The zero-order valence-corrected chi connectivity index (χ0v) is 14.6. The second-order valence-corrected chi connectivity index (χ2v) is 7.22. The van der Waals surface area contributed by atoms with Crippen LogP contribution in [0.3, 0.4) is 0 Å². The number of aromatic nitrogens is 2. The first-order valence-corrected chi connectivity index (χ1v) is 9.20. The van der Waals surface area contributed by atoms with Crippen LogP contribution in [-0.4, -0.2) is 45.6 Å². The number of ether oxygens (including phenoxy) is 1. The number of carbonyl (C=O) groups is 1. The second kappa shape index (κ2) is 6.67. The average Bonchev–Trinajstić information content (AvgIpc) is 3.04. The van der Waals surface area contributed by atoms with Gasteiger partial charge in [-0.25, -0.2) is 9.48 Å². The number of fused-ring (bicyclic) bond motifs is 1. The predicted octanol–water partition coefficient (Wildman–Crippen LogP) is 3.90. The Morgan fingerprint density at radius 1 is 1.24 bits per heavy atom. The van der Waals surface area contributed by atoms with Crippen LogP contribution in [0.5, 0.6) is 0 Å². The van der Waals surface area contributed by atoms with Crippen LogP contribution in [0.15, 0.2) is 18.3 Å². The van der Waals surface area contributed by atoms with E-state index in [4.69, 9.17) is 9.84 Å². The predicted molar refractivity (Wildman–Crippen MR) is 94.9 cm³/mol. The number of aryl methyl sites for hydroxylation is 1. The number of benzene rings is 1. The van der Waals surface area contributed by atoms with Gasteiger partial charge in [0.1, 0.15) is 0 Å². The van der Waals surface area contributed by atoms with E-state index in [0.29, 0.717) is 19.0 Å². The summed E-state index contributed by atoms with van der Waals surface area (Å²) < 4.78 is 7.95. The third kappa shape index (κ3) is 3.11. The lowest BCUT2D eigenvalue weighted by Crippen LogP contribution is -2.36. The van der Waals surface area contributed by atoms with Gasteiger partial charge < -0.3 is 14.7 Å². The molecule has 4 rings (SSSR count). The fourth-order valence-corrected chi connectivity index (χ4v) is 4.19. The summed E-state index contributed by atoms with van der Waals surface area (Å²) in [4.78, 5) is 12.6. The summed E-state index contributed by atoms with van der Waals surface area (Å²) in [7, 11) is 0. The molecule has 0 bridgehead atoms. The standard InChI is InChI=1S/C19H25N3O3/c1-13-10-15-12-20-22(18-4-2-3-9-25-18)17(15)11-16(13)14-5-7-21(8-6-14)19(23)24/h10-12,14,18H,2-9H2,1H3,(H,23,24). The maximum atomic E-state index is 11.1. The van der Waals surface area contributed by atoms with E-state index in [2.05, 4.69) is 24.2 Å². The summed E-state index contributed by atoms with van der Waals surface area (Å²) >= 11 is 0. The Labute approximate surface area is 147 Å². The molecule has 25 heavy (non-hydrogen) atoms. The molecular formula is C19H25N3O3. The monoisotopic (exact) mass is 343 g/mol. The molecule has 0 spiro atoms. The van der Waals surface area contributed by atoms with Crippen LogP contribution < -0.4 is 0 Å². The molecule has 2 saturated heterocycles. The highest BCUT2D eigenvalue weighted by Gasteiger charge is 2.26. The largest absolute Gasteiger partial charge is 0.465 e. The van der Waals surface area contributed by atoms with Crippen LogP contribution in [0.4, 0.5) is 4.79 Å². The molecule has 1 unspecified atom stereocenters. The van der Waals surface area contributed by atoms with E-state index in [0.717, 1.165) is 43.2 Å². The first-order chi connectivity index (χ1) is 12.1. The van der Waals surface area contributed by atoms with Gasteiger partial charge in [0.15, 0.2) is 6.23 Å². The Hall–Kier alpha value is -2.08. The lowest BCUT2D eigenvalue weighted by molar-refractivity contribution is -0.0366. The van der Waals surface area contributed by atoms with E-state index in [9.17, 15) is 4.79 Å². The topological polar surface area (TPSA) is 67.6 Å². The average molecular weight is 343 g/mol. The molecule has 6 heteroatoms. The summed E-state index contributed by atoms with van der Waals surface area (Å²) in [6, 6.07) is 4.47. The fraction of sp³-hybridized carbons (Fsp3) is 0.579. The van der Waals surface area contributed by atoms with Crippen LogP contribution in [0.25, 0.3) is 10.9 Å². The molecule has 1 amide bonds. The van der Waals surface area contributed by atoms with Crippen molar-refractivity contribution >= 4 is 17.0 Å². The number of rotatable bonds is 2. The van der Waals surface area contributed by atoms with E-state index in [1.54, 1.807) is 0 Å². The lowest BCUT2D eigenvalue weighted by atomic mass is 9.86. The summed E-state index contributed by atoms with van der Waals surface area (Å²) in [5.41, 5.74) is 3.73. The Kier molecular flexibility index (Phi) is 4.37. The van der Waals surface area contributed by atoms with Gasteiger partial charge in [-0.2, -0.15) is 5.10 Å². The van der Waals surface area contributed by atoms with Crippen LogP contribution in [-0.2, 0) is 4.74 Å². The van der Waals surface area contributed by atoms with Gasteiger partial charge in [-0.15, -0.1) is 0 Å². The molecular weight excluding hydrogens is 318 g/mol. The summed E-state index contributed by atoms with van der Waals surface area (Å²) in [6.07, 6.45) is 6.24. The maximum absolute atomic E-state index is 11.1. The van der Waals surface area contributed by atoms with Crippen LogP contribution >= 0.6 is 0 Å². The van der Waals surface area contributed by atoms with E-state index in [1.165, 1.54) is 22.4 Å². The number of likely N-dealkylation sites (tertiary alicyclic amines) is 1. The smallest absolute Gasteiger partial charge is 0.407 e. The highest BCUT2D eigenvalue weighted by atomic mass is 16.5. The molecule has 134 valence electrons. The molecule has 2 aromatic rings. The molecule has 0 radical (unpaired) electrons. The molecule has 0 aliphatic carbocycles. The van der Waals surface area contributed by atoms with Crippen molar-refractivity contribution in [3.63, 3.8) is 0 Å². The Morgan fingerprint density at radius 3 is 2.72 bits per heavy atom. The van der Waals surface area contributed by atoms with Gasteiger partial charge in [-0.05, 0) is 68.2 Å². The van der Waals surface area contributed by atoms with Crippen molar-refractivity contribution in [3.8, 4) is 0 Å². The number of hydrogen-bond donors (Lipinski definition) is 1. The third-order valence-electron chi connectivity index (χ3n) is 5.62. The minimum Gasteiger partial charge on any atom is -0.465 e. The SMILES string of the molecule is Cc1cc2cnn(C3CCCCO3)c2cc1C1CCN(C(=O)O)CC1. The highest BCUT2D eigenvalue weighted by Crippen LogP contribution is 2.34. The van der Waals surface area contributed by atoms with Gasteiger partial charge in [0, 0.05) is 25.1 Å². The zero-order chi connectivity index (χ0) is 17.4. The van der Waals surface area contributed by atoms with E-state index < -0.39 is 6.09 Å². The number of amides is 1. The van der Waals surface area contributed by atoms with E-state index >= 15 is 0 Å².